The fraction of sp³-hybridized carbons (Fsp3) is 0.304. The van der Waals surface area contributed by atoms with Crippen LogP contribution in [0.15, 0.2) is 30.3 Å². The maximum atomic E-state index is 13.4. The molecule has 1 atom stereocenters. The van der Waals surface area contributed by atoms with Crippen molar-refractivity contribution in [2.24, 2.45) is 0 Å². The van der Waals surface area contributed by atoms with Gasteiger partial charge in [0, 0.05) is 13.0 Å². The van der Waals surface area contributed by atoms with Crippen LogP contribution >= 0.6 is 12.2 Å². The van der Waals surface area contributed by atoms with Crippen LogP contribution in [0.4, 0.5) is 5.69 Å². The van der Waals surface area contributed by atoms with Gasteiger partial charge in [-0.25, -0.2) is 9.59 Å². The number of ether oxygens (including phenoxy) is 4. The van der Waals surface area contributed by atoms with E-state index in [1.54, 1.807) is 14.2 Å². The van der Waals surface area contributed by atoms with E-state index in [1.165, 1.54) is 37.3 Å². The SMILES string of the molecule is COC(=O)c1cc(C(=O)OC)cc(N2C(=O)[C@@H]3Cc4cc(OC)c(OC)cc4CN3C2=S)c1. The fourth-order valence-corrected chi connectivity index (χ4v) is 4.54. The third-order valence-corrected chi connectivity index (χ3v) is 6.21. The second-order valence-electron chi connectivity index (χ2n) is 7.53. The first-order valence-electron chi connectivity index (χ1n) is 10.0. The van der Waals surface area contributed by atoms with Crippen LogP contribution in [-0.2, 0) is 27.2 Å². The molecule has 2 aliphatic rings. The van der Waals surface area contributed by atoms with Crippen LogP contribution in [0, 0.1) is 0 Å². The van der Waals surface area contributed by atoms with Gasteiger partial charge in [0.15, 0.2) is 16.6 Å². The molecule has 1 amide bonds. The van der Waals surface area contributed by atoms with Crippen LogP contribution in [0.5, 0.6) is 11.5 Å². The first kappa shape index (κ1) is 22.5. The Bertz CT molecular complexity index is 1090. The molecule has 9 nitrogen and oxygen atoms in total. The zero-order chi connectivity index (χ0) is 23.9. The molecular formula is C23H22N2O7S. The molecule has 4 rings (SSSR count). The molecule has 0 N–H and O–H groups in total. The van der Waals surface area contributed by atoms with E-state index in [9.17, 15) is 14.4 Å². The van der Waals surface area contributed by atoms with Gasteiger partial charge in [0.25, 0.3) is 5.91 Å². The van der Waals surface area contributed by atoms with E-state index in [0.717, 1.165) is 11.1 Å². The van der Waals surface area contributed by atoms with Gasteiger partial charge in [-0.2, -0.15) is 0 Å². The van der Waals surface area contributed by atoms with Crippen LogP contribution in [0.1, 0.15) is 31.8 Å². The fourth-order valence-electron chi connectivity index (χ4n) is 4.16. The normalized spacial score (nSPS) is 16.8. The number of hydrogen-bond donors (Lipinski definition) is 0. The highest BCUT2D eigenvalue weighted by molar-refractivity contribution is 7.80. The second kappa shape index (κ2) is 8.70. The lowest BCUT2D eigenvalue weighted by atomic mass is 9.94. The molecule has 0 radical (unpaired) electrons. The monoisotopic (exact) mass is 470 g/mol. The summed E-state index contributed by atoms with van der Waals surface area (Å²) < 4.78 is 20.4. The summed E-state index contributed by atoms with van der Waals surface area (Å²) in [6.45, 7) is 0.405. The topological polar surface area (TPSA) is 94.6 Å². The number of thiocarbonyl (C=S) groups is 1. The Morgan fingerprint density at radius 2 is 1.42 bits per heavy atom. The lowest BCUT2D eigenvalue weighted by Gasteiger charge is -2.31. The first-order valence-corrected chi connectivity index (χ1v) is 10.4. The Labute approximate surface area is 195 Å². The predicted octanol–water partition coefficient (Wildman–Crippen LogP) is 2.34. The lowest BCUT2D eigenvalue weighted by molar-refractivity contribution is -0.120. The molecule has 0 aliphatic carbocycles. The molecule has 0 unspecified atom stereocenters. The van der Waals surface area contributed by atoms with Gasteiger partial charge in [0.1, 0.15) is 6.04 Å². The van der Waals surface area contributed by atoms with Gasteiger partial charge >= 0.3 is 11.9 Å². The molecule has 10 heteroatoms. The Hall–Kier alpha value is -3.66. The maximum Gasteiger partial charge on any atom is 0.337 e. The van der Waals surface area contributed by atoms with Crippen molar-refractivity contribution in [3.05, 3.63) is 52.6 Å². The summed E-state index contributed by atoms with van der Waals surface area (Å²) in [6.07, 6.45) is 0.422. The highest BCUT2D eigenvalue weighted by Gasteiger charge is 2.46. The smallest absolute Gasteiger partial charge is 0.337 e. The Morgan fingerprint density at radius 3 is 1.94 bits per heavy atom. The van der Waals surface area contributed by atoms with Gasteiger partial charge in [0.2, 0.25) is 0 Å². The summed E-state index contributed by atoms with van der Waals surface area (Å²) in [5.41, 5.74) is 2.44. The van der Waals surface area contributed by atoms with Gasteiger partial charge in [-0.3, -0.25) is 9.69 Å². The van der Waals surface area contributed by atoms with E-state index in [1.807, 2.05) is 17.0 Å². The summed E-state index contributed by atoms with van der Waals surface area (Å²) in [5, 5.41) is 0.281. The van der Waals surface area contributed by atoms with Crippen molar-refractivity contribution in [1.82, 2.24) is 4.90 Å². The number of hydrogen-bond acceptors (Lipinski definition) is 8. The predicted molar refractivity (Wildman–Crippen MR) is 122 cm³/mol. The van der Waals surface area contributed by atoms with Crippen LogP contribution in [0.2, 0.25) is 0 Å². The van der Waals surface area contributed by atoms with Crippen molar-refractivity contribution in [3.63, 3.8) is 0 Å². The van der Waals surface area contributed by atoms with Crippen molar-refractivity contribution in [2.75, 3.05) is 33.3 Å². The second-order valence-corrected chi connectivity index (χ2v) is 7.90. The summed E-state index contributed by atoms with van der Waals surface area (Å²) in [5.74, 6) is -0.370. The number of carbonyl (C=O) groups excluding carboxylic acids is 3. The minimum atomic E-state index is -0.649. The zero-order valence-corrected chi connectivity index (χ0v) is 19.4. The van der Waals surface area contributed by atoms with Crippen LogP contribution in [0.3, 0.4) is 0 Å². The van der Waals surface area contributed by atoms with Gasteiger partial charge in [-0.05, 0) is 53.7 Å². The van der Waals surface area contributed by atoms with Crippen molar-refractivity contribution in [3.8, 4) is 11.5 Å². The lowest BCUT2D eigenvalue weighted by Crippen LogP contribution is -2.40. The highest BCUT2D eigenvalue weighted by atomic mass is 32.1. The van der Waals surface area contributed by atoms with Crippen molar-refractivity contribution < 1.29 is 33.3 Å². The van der Waals surface area contributed by atoms with Gasteiger partial charge < -0.3 is 23.8 Å². The summed E-state index contributed by atoms with van der Waals surface area (Å²) in [6, 6.07) is 7.53. The first-order chi connectivity index (χ1) is 15.8. The molecule has 2 heterocycles. The molecule has 1 saturated heterocycles. The summed E-state index contributed by atoms with van der Waals surface area (Å²) in [4.78, 5) is 41.0. The van der Waals surface area contributed by atoms with Gasteiger partial charge in [-0.1, -0.05) is 0 Å². The standard InChI is InChI=1S/C23H22N2O7S/c1-29-18-9-12-8-17-20(26)25(23(33)24(17)11-15(12)10-19(18)30-2)16-6-13(21(27)31-3)5-14(7-16)22(28)32-4/h5-7,9-10,17H,8,11H2,1-4H3/t17-/m0/s1. The average molecular weight is 471 g/mol. The number of methoxy groups -OCH3 is 4. The minimum Gasteiger partial charge on any atom is -0.493 e. The largest absolute Gasteiger partial charge is 0.493 e. The molecular weight excluding hydrogens is 448 g/mol. The van der Waals surface area contributed by atoms with Gasteiger partial charge in [0.05, 0.1) is 45.3 Å². The number of amides is 1. The molecule has 1 fully saturated rings. The molecule has 0 saturated carbocycles. The number of carbonyl (C=O) groups is 3. The van der Waals surface area contributed by atoms with Crippen molar-refractivity contribution in [1.29, 1.82) is 0 Å². The Kier molecular flexibility index (Phi) is 5.94. The minimum absolute atomic E-state index is 0.105. The molecule has 0 spiro atoms. The number of esters is 2. The number of nitrogens with zero attached hydrogens (tertiary/aromatic N) is 2. The van der Waals surface area contributed by atoms with E-state index >= 15 is 0 Å². The molecule has 0 aromatic heterocycles. The van der Waals surface area contributed by atoms with Gasteiger partial charge in [-0.15, -0.1) is 0 Å². The number of fused-ring (bicyclic) bond motifs is 2. The van der Waals surface area contributed by atoms with Crippen molar-refractivity contribution in [2.45, 2.75) is 19.0 Å². The molecule has 2 aromatic carbocycles. The number of rotatable bonds is 5. The Balaban J connectivity index is 1.74. The van der Waals surface area contributed by atoms with Crippen molar-refractivity contribution >= 4 is 40.9 Å². The quantitative estimate of drug-likeness (QED) is 0.482. The van der Waals surface area contributed by atoms with E-state index in [-0.39, 0.29) is 22.1 Å². The molecule has 2 aliphatic heterocycles. The van der Waals surface area contributed by atoms with Crippen LogP contribution in [-0.4, -0.2) is 62.3 Å². The van der Waals surface area contributed by atoms with E-state index in [0.29, 0.717) is 30.2 Å². The molecule has 172 valence electrons. The number of anilines is 1. The van der Waals surface area contributed by atoms with E-state index in [4.69, 9.17) is 31.2 Å². The maximum absolute atomic E-state index is 13.4. The molecule has 2 aromatic rings. The molecule has 33 heavy (non-hydrogen) atoms. The van der Waals surface area contributed by atoms with Crippen LogP contribution < -0.4 is 14.4 Å². The zero-order valence-electron chi connectivity index (χ0n) is 18.5. The molecule has 0 bridgehead atoms. The summed E-state index contributed by atoms with van der Waals surface area (Å²) >= 11 is 5.65. The summed E-state index contributed by atoms with van der Waals surface area (Å²) in [7, 11) is 5.59. The van der Waals surface area contributed by atoms with E-state index < -0.39 is 18.0 Å². The third kappa shape index (κ3) is 3.76. The Morgan fingerprint density at radius 1 is 0.879 bits per heavy atom. The van der Waals surface area contributed by atoms with E-state index in [2.05, 4.69) is 0 Å². The van der Waals surface area contributed by atoms with Crippen LogP contribution in [0.25, 0.3) is 0 Å². The number of benzene rings is 2. The third-order valence-electron chi connectivity index (χ3n) is 5.80. The highest BCUT2D eigenvalue weighted by Crippen LogP contribution is 2.38. The average Bonchev–Trinajstić information content (AvgIpc) is 3.09.